The minimum atomic E-state index is -0.274. The first kappa shape index (κ1) is 18.7. The highest BCUT2D eigenvalue weighted by Crippen LogP contribution is 2.27. The zero-order chi connectivity index (χ0) is 18.5. The molecule has 0 radical (unpaired) electrons. The van der Waals surface area contributed by atoms with E-state index in [0.29, 0.717) is 27.9 Å². The summed E-state index contributed by atoms with van der Waals surface area (Å²) in [6.07, 6.45) is 2.61. The van der Waals surface area contributed by atoms with Gasteiger partial charge in [-0.05, 0) is 42.2 Å². The third-order valence-corrected chi connectivity index (χ3v) is 5.43. The summed E-state index contributed by atoms with van der Waals surface area (Å²) in [5.41, 5.74) is 1.54. The molecule has 3 rings (SSSR count). The monoisotopic (exact) mass is 405 g/mol. The largest absolute Gasteiger partial charge is 0.496 e. The Morgan fingerprint density at radius 3 is 2.69 bits per heavy atom. The Bertz CT molecular complexity index is 913. The molecule has 2 aromatic carbocycles. The van der Waals surface area contributed by atoms with Gasteiger partial charge in [0.05, 0.1) is 12.7 Å². The van der Waals surface area contributed by atoms with Crippen molar-refractivity contribution in [3.05, 3.63) is 63.6 Å². The van der Waals surface area contributed by atoms with Crippen molar-refractivity contribution < 1.29 is 9.53 Å². The summed E-state index contributed by atoms with van der Waals surface area (Å²) in [6, 6.07) is 13.0. The number of ether oxygens (including phenoxy) is 1. The van der Waals surface area contributed by atoms with Gasteiger partial charge in [0.1, 0.15) is 10.8 Å². The number of carbonyl (C=O) groups excluding carboxylic acids is 1. The van der Waals surface area contributed by atoms with Gasteiger partial charge < -0.3 is 4.74 Å². The second kappa shape index (κ2) is 8.53. The lowest BCUT2D eigenvalue weighted by Crippen LogP contribution is -2.13. The first-order valence-corrected chi connectivity index (χ1v) is 10.1. The van der Waals surface area contributed by atoms with Crippen molar-refractivity contribution in [2.45, 2.75) is 11.3 Å². The normalized spacial score (nSPS) is 10.6. The summed E-state index contributed by atoms with van der Waals surface area (Å²) < 4.78 is 5.32. The first-order valence-electron chi connectivity index (χ1n) is 7.69. The number of carbonyl (C=O) groups is 1. The van der Waals surface area contributed by atoms with Crippen LogP contribution < -0.4 is 10.1 Å². The lowest BCUT2D eigenvalue weighted by Gasteiger charge is -2.09. The number of benzene rings is 2. The van der Waals surface area contributed by atoms with Gasteiger partial charge in [-0.3, -0.25) is 10.1 Å². The van der Waals surface area contributed by atoms with Crippen LogP contribution in [0.3, 0.4) is 0 Å². The van der Waals surface area contributed by atoms with E-state index in [0.717, 1.165) is 15.5 Å². The molecule has 0 bridgehead atoms. The summed E-state index contributed by atoms with van der Waals surface area (Å²) in [6.45, 7) is 0. The molecule has 1 aromatic heterocycles. The van der Waals surface area contributed by atoms with Gasteiger partial charge in [0, 0.05) is 16.3 Å². The molecular formula is C18H16ClN3O2S2. The lowest BCUT2D eigenvalue weighted by atomic mass is 10.2. The molecule has 0 aliphatic heterocycles. The molecular weight excluding hydrogens is 390 g/mol. The number of amides is 1. The predicted octanol–water partition coefficient (Wildman–Crippen LogP) is 4.77. The maximum Gasteiger partial charge on any atom is 0.261 e. The maximum absolute atomic E-state index is 12.5. The second-order valence-electron chi connectivity index (χ2n) is 5.32. The Labute approximate surface area is 164 Å². The lowest BCUT2D eigenvalue weighted by molar-refractivity contribution is 0.102. The third-order valence-electron chi connectivity index (χ3n) is 3.61. The van der Waals surface area contributed by atoms with Crippen LogP contribution in [0.25, 0.3) is 0 Å². The predicted molar refractivity (Wildman–Crippen MR) is 107 cm³/mol. The Morgan fingerprint density at radius 2 is 2.00 bits per heavy atom. The first-order chi connectivity index (χ1) is 12.6. The molecule has 1 heterocycles. The summed E-state index contributed by atoms with van der Waals surface area (Å²) in [5.74, 6) is 0.254. The number of nitrogens with one attached hydrogen (secondary N) is 1. The molecule has 0 aliphatic carbocycles. The quantitative estimate of drug-likeness (QED) is 0.598. The average Bonchev–Trinajstić information content (AvgIpc) is 3.09. The number of anilines is 1. The Morgan fingerprint density at radius 1 is 1.23 bits per heavy atom. The molecule has 1 N–H and O–H groups in total. The van der Waals surface area contributed by atoms with Crippen LogP contribution in [0.2, 0.25) is 5.02 Å². The molecule has 0 spiro atoms. The maximum atomic E-state index is 12.5. The van der Waals surface area contributed by atoms with E-state index in [2.05, 4.69) is 15.5 Å². The van der Waals surface area contributed by atoms with E-state index >= 15 is 0 Å². The van der Waals surface area contributed by atoms with Crippen LogP contribution in [-0.2, 0) is 6.42 Å². The zero-order valence-electron chi connectivity index (χ0n) is 14.2. The molecule has 0 aliphatic rings. The molecule has 0 unspecified atom stereocenters. The van der Waals surface area contributed by atoms with Gasteiger partial charge in [-0.25, -0.2) is 0 Å². The third kappa shape index (κ3) is 4.55. The highest BCUT2D eigenvalue weighted by Gasteiger charge is 2.15. The number of hydrogen-bond donors (Lipinski definition) is 1. The summed E-state index contributed by atoms with van der Waals surface area (Å²) in [7, 11) is 1.55. The van der Waals surface area contributed by atoms with Crippen molar-refractivity contribution in [3.63, 3.8) is 0 Å². The van der Waals surface area contributed by atoms with E-state index < -0.39 is 0 Å². The van der Waals surface area contributed by atoms with Crippen molar-refractivity contribution in [1.29, 1.82) is 0 Å². The number of hydrogen-bond acceptors (Lipinski definition) is 6. The molecule has 8 heteroatoms. The van der Waals surface area contributed by atoms with Crippen LogP contribution >= 0.6 is 34.7 Å². The fourth-order valence-corrected chi connectivity index (χ4v) is 3.63. The van der Waals surface area contributed by atoms with E-state index in [1.807, 2.05) is 42.7 Å². The van der Waals surface area contributed by atoms with Crippen LogP contribution in [0.1, 0.15) is 20.9 Å². The van der Waals surface area contributed by atoms with Crippen LogP contribution in [0.4, 0.5) is 5.13 Å². The van der Waals surface area contributed by atoms with E-state index in [-0.39, 0.29) is 5.91 Å². The molecule has 0 saturated heterocycles. The number of aromatic nitrogens is 2. The smallest absolute Gasteiger partial charge is 0.261 e. The van der Waals surface area contributed by atoms with E-state index in [1.165, 1.54) is 11.3 Å². The van der Waals surface area contributed by atoms with Crippen LogP contribution in [0.15, 0.2) is 47.4 Å². The average molecular weight is 406 g/mol. The fraction of sp³-hybridized carbons (Fsp3) is 0.167. The van der Waals surface area contributed by atoms with Crippen molar-refractivity contribution in [3.8, 4) is 5.75 Å². The van der Waals surface area contributed by atoms with Gasteiger partial charge in [0.25, 0.3) is 5.91 Å². The molecule has 5 nitrogen and oxygen atoms in total. The van der Waals surface area contributed by atoms with Gasteiger partial charge in [0.15, 0.2) is 0 Å². The topological polar surface area (TPSA) is 64.1 Å². The van der Waals surface area contributed by atoms with Crippen molar-refractivity contribution in [2.75, 3.05) is 18.7 Å². The van der Waals surface area contributed by atoms with Crippen molar-refractivity contribution >= 4 is 45.7 Å². The Balaban J connectivity index is 1.70. The van der Waals surface area contributed by atoms with Gasteiger partial charge in [-0.15, -0.1) is 22.0 Å². The van der Waals surface area contributed by atoms with Crippen LogP contribution in [0, 0.1) is 0 Å². The molecule has 134 valence electrons. The minimum Gasteiger partial charge on any atom is -0.496 e. The molecule has 0 atom stereocenters. The van der Waals surface area contributed by atoms with Gasteiger partial charge in [0.2, 0.25) is 5.13 Å². The van der Waals surface area contributed by atoms with Gasteiger partial charge in [-0.1, -0.05) is 35.1 Å². The highest BCUT2D eigenvalue weighted by atomic mass is 35.5. The molecule has 0 saturated carbocycles. The van der Waals surface area contributed by atoms with Crippen molar-refractivity contribution in [2.24, 2.45) is 0 Å². The molecule has 26 heavy (non-hydrogen) atoms. The zero-order valence-corrected chi connectivity index (χ0v) is 16.5. The summed E-state index contributed by atoms with van der Waals surface area (Å²) in [5, 5.41) is 12.9. The highest BCUT2D eigenvalue weighted by molar-refractivity contribution is 7.98. The Hall–Kier alpha value is -2.09. The molecule has 0 fully saturated rings. The van der Waals surface area contributed by atoms with E-state index in [1.54, 1.807) is 24.9 Å². The van der Waals surface area contributed by atoms with Gasteiger partial charge >= 0.3 is 0 Å². The van der Waals surface area contributed by atoms with Crippen LogP contribution in [-0.4, -0.2) is 29.5 Å². The summed E-state index contributed by atoms with van der Waals surface area (Å²) in [4.78, 5) is 13.6. The number of thioether (sulfide) groups is 1. The second-order valence-corrected chi connectivity index (χ2v) is 7.70. The standard InChI is InChI=1S/C18H16ClN3O2S2/c1-24-15-10-13(25-2)7-8-14(15)17(23)20-18-22-21-16(26-18)9-11-3-5-12(19)6-4-11/h3-8,10H,9H2,1-2H3,(H,20,22,23). The van der Waals surface area contributed by atoms with E-state index in [4.69, 9.17) is 16.3 Å². The minimum absolute atomic E-state index is 0.274. The van der Waals surface area contributed by atoms with Crippen molar-refractivity contribution in [1.82, 2.24) is 10.2 Å². The number of methoxy groups -OCH3 is 1. The fourth-order valence-electron chi connectivity index (χ4n) is 2.30. The van der Waals surface area contributed by atoms with Crippen LogP contribution in [0.5, 0.6) is 5.75 Å². The molecule has 1 amide bonds. The molecule has 3 aromatic rings. The number of halogens is 1. The Kier molecular flexibility index (Phi) is 6.13. The van der Waals surface area contributed by atoms with E-state index in [9.17, 15) is 4.79 Å². The SMILES string of the molecule is COc1cc(SC)ccc1C(=O)Nc1nnc(Cc2ccc(Cl)cc2)s1. The number of nitrogens with zero attached hydrogens (tertiary/aromatic N) is 2. The number of rotatable bonds is 6. The summed E-state index contributed by atoms with van der Waals surface area (Å²) >= 11 is 8.83. The van der Waals surface area contributed by atoms with Gasteiger partial charge in [-0.2, -0.15) is 0 Å².